The summed E-state index contributed by atoms with van der Waals surface area (Å²) in [5.41, 5.74) is 6.68. The van der Waals surface area contributed by atoms with Gasteiger partial charge >= 0.3 is 0 Å². The molecule has 4 heteroatoms. The second kappa shape index (κ2) is 5.74. The number of furan rings is 1. The van der Waals surface area contributed by atoms with Crippen LogP contribution in [0, 0.1) is 5.92 Å². The average Bonchev–Trinajstić information content (AvgIpc) is 2.94. The summed E-state index contributed by atoms with van der Waals surface area (Å²) in [4.78, 5) is 2.43. The molecule has 1 saturated heterocycles. The van der Waals surface area contributed by atoms with Gasteiger partial charge in [0.25, 0.3) is 0 Å². The van der Waals surface area contributed by atoms with E-state index in [0.717, 1.165) is 37.5 Å². The van der Waals surface area contributed by atoms with Crippen LogP contribution in [-0.4, -0.2) is 24.5 Å². The van der Waals surface area contributed by atoms with E-state index in [1.807, 2.05) is 18.2 Å². The van der Waals surface area contributed by atoms with Crippen LogP contribution in [0.1, 0.15) is 12.2 Å². The van der Waals surface area contributed by atoms with Crippen molar-refractivity contribution < 1.29 is 4.42 Å². The number of hydrogen-bond donors (Lipinski definition) is 1. The molecule has 1 aromatic carbocycles. The molecule has 18 heavy (non-hydrogen) atoms. The SMILES string of the molecule is Cl.NCC1CCN(Cc2cc3ccccc3o2)C1. The summed E-state index contributed by atoms with van der Waals surface area (Å²) >= 11 is 0. The Morgan fingerprint density at radius 1 is 1.33 bits per heavy atom. The molecule has 0 radical (unpaired) electrons. The normalized spacial score (nSPS) is 20.2. The van der Waals surface area contributed by atoms with Gasteiger partial charge in [-0.1, -0.05) is 18.2 Å². The Bertz CT molecular complexity index is 478. The average molecular weight is 267 g/mol. The van der Waals surface area contributed by atoms with Gasteiger partial charge in [0, 0.05) is 11.9 Å². The molecule has 3 rings (SSSR count). The number of fused-ring (bicyclic) bond motifs is 1. The number of likely N-dealkylation sites (tertiary alicyclic amines) is 1. The van der Waals surface area contributed by atoms with Crippen LogP contribution in [-0.2, 0) is 6.54 Å². The van der Waals surface area contributed by atoms with E-state index in [9.17, 15) is 0 Å². The Morgan fingerprint density at radius 2 is 2.17 bits per heavy atom. The van der Waals surface area contributed by atoms with Gasteiger partial charge in [0.15, 0.2) is 0 Å². The van der Waals surface area contributed by atoms with Gasteiger partial charge in [-0.3, -0.25) is 4.90 Å². The van der Waals surface area contributed by atoms with E-state index in [0.29, 0.717) is 5.92 Å². The van der Waals surface area contributed by atoms with Crippen molar-refractivity contribution in [3.05, 3.63) is 36.1 Å². The maximum atomic E-state index is 5.83. The van der Waals surface area contributed by atoms with Gasteiger partial charge in [-0.2, -0.15) is 0 Å². The largest absolute Gasteiger partial charge is 0.460 e. The minimum absolute atomic E-state index is 0. The van der Waals surface area contributed by atoms with Crippen molar-refractivity contribution in [3.8, 4) is 0 Å². The highest BCUT2D eigenvalue weighted by Crippen LogP contribution is 2.22. The fraction of sp³-hybridized carbons (Fsp3) is 0.429. The molecule has 1 atom stereocenters. The Balaban J connectivity index is 0.00000120. The highest BCUT2D eigenvalue weighted by Gasteiger charge is 2.21. The molecule has 0 bridgehead atoms. The van der Waals surface area contributed by atoms with E-state index in [1.165, 1.54) is 11.8 Å². The van der Waals surface area contributed by atoms with Crippen molar-refractivity contribution in [1.29, 1.82) is 0 Å². The van der Waals surface area contributed by atoms with Crippen LogP contribution in [0.4, 0.5) is 0 Å². The summed E-state index contributed by atoms with van der Waals surface area (Å²) in [5.74, 6) is 1.73. The third kappa shape index (κ3) is 2.69. The van der Waals surface area contributed by atoms with Gasteiger partial charge in [0.1, 0.15) is 11.3 Å². The van der Waals surface area contributed by atoms with E-state index >= 15 is 0 Å². The topological polar surface area (TPSA) is 42.4 Å². The number of nitrogens with zero attached hydrogens (tertiary/aromatic N) is 1. The lowest BCUT2D eigenvalue weighted by Gasteiger charge is -2.13. The molecule has 0 aliphatic carbocycles. The first-order valence-corrected chi connectivity index (χ1v) is 6.25. The molecule has 3 nitrogen and oxygen atoms in total. The second-order valence-electron chi connectivity index (χ2n) is 4.88. The summed E-state index contributed by atoms with van der Waals surface area (Å²) in [6.45, 7) is 3.95. The van der Waals surface area contributed by atoms with Crippen molar-refractivity contribution >= 4 is 23.4 Å². The number of nitrogens with two attached hydrogens (primary N) is 1. The van der Waals surface area contributed by atoms with Gasteiger partial charge in [-0.05, 0) is 37.6 Å². The smallest absolute Gasteiger partial charge is 0.134 e. The summed E-state index contributed by atoms with van der Waals surface area (Å²) in [7, 11) is 0. The first-order chi connectivity index (χ1) is 8.35. The standard InChI is InChI=1S/C14H18N2O.ClH/c15-8-11-5-6-16(9-11)10-13-7-12-3-1-2-4-14(12)17-13;/h1-4,7,11H,5-6,8-10,15H2;1H. The Labute approximate surface area is 113 Å². The minimum Gasteiger partial charge on any atom is -0.460 e. The molecule has 0 saturated carbocycles. The molecule has 2 N–H and O–H groups in total. The molecule has 1 aliphatic rings. The molecule has 1 aliphatic heterocycles. The quantitative estimate of drug-likeness (QED) is 0.929. The van der Waals surface area contributed by atoms with Gasteiger partial charge < -0.3 is 10.2 Å². The summed E-state index contributed by atoms with van der Waals surface area (Å²) in [6.07, 6.45) is 1.22. The lowest BCUT2D eigenvalue weighted by molar-refractivity contribution is 0.291. The van der Waals surface area contributed by atoms with Crippen LogP contribution in [0.2, 0.25) is 0 Å². The molecule has 0 spiro atoms. The molecule has 98 valence electrons. The second-order valence-corrected chi connectivity index (χ2v) is 4.88. The van der Waals surface area contributed by atoms with Gasteiger partial charge in [0.05, 0.1) is 6.54 Å². The molecule has 1 fully saturated rings. The van der Waals surface area contributed by atoms with Gasteiger partial charge in [-0.25, -0.2) is 0 Å². The molecule has 1 aromatic heterocycles. The number of halogens is 1. The first-order valence-electron chi connectivity index (χ1n) is 6.25. The Hall–Kier alpha value is -1.03. The molecular weight excluding hydrogens is 248 g/mol. The van der Waals surface area contributed by atoms with E-state index < -0.39 is 0 Å². The predicted molar refractivity (Wildman–Crippen MR) is 75.9 cm³/mol. The summed E-state index contributed by atoms with van der Waals surface area (Å²) in [5, 5.41) is 1.19. The fourth-order valence-electron chi connectivity index (χ4n) is 2.58. The zero-order chi connectivity index (χ0) is 11.7. The maximum absolute atomic E-state index is 5.83. The number of para-hydroxylation sites is 1. The third-order valence-electron chi connectivity index (χ3n) is 3.56. The summed E-state index contributed by atoms with van der Waals surface area (Å²) in [6, 6.07) is 10.3. The molecular formula is C14H19ClN2O. The monoisotopic (exact) mass is 266 g/mol. The number of hydrogen-bond acceptors (Lipinski definition) is 3. The molecule has 2 heterocycles. The Morgan fingerprint density at radius 3 is 2.89 bits per heavy atom. The van der Waals surface area contributed by atoms with E-state index in [2.05, 4.69) is 17.0 Å². The fourth-order valence-corrected chi connectivity index (χ4v) is 2.58. The number of rotatable bonds is 3. The Kier molecular flexibility index (Phi) is 4.27. The van der Waals surface area contributed by atoms with Gasteiger partial charge in [0.2, 0.25) is 0 Å². The van der Waals surface area contributed by atoms with Crippen LogP contribution in [0.5, 0.6) is 0 Å². The summed E-state index contributed by atoms with van der Waals surface area (Å²) < 4.78 is 5.83. The van der Waals surface area contributed by atoms with Crippen molar-refractivity contribution in [2.75, 3.05) is 19.6 Å². The van der Waals surface area contributed by atoms with Crippen molar-refractivity contribution in [2.24, 2.45) is 11.7 Å². The van der Waals surface area contributed by atoms with E-state index in [-0.39, 0.29) is 12.4 Å². The van der Waals surface area contributed by atoms with Crippen molar-refractivity contribution in [2.45, 2.75) is 13.0 Å². The molecule has 2 aromatic rings. The van der Waals surface area contributed by atoms with E-state index in [1.54, 1.807) is 0 Å². The molecule has 0 amide bonds. The molecule has 1 unspecified atom stereocenters. The van der Waals surface area contributed by atoms with Crippen LogP contribution >= 0.6 is 12.4 Å². The van der Waals surface area contributed by atoms with Crippen LogP contribution in [0.25, 0.3) is 11.0 Å². The van der Waals surface area contributed by atoms with Crippen molar-refractivity contribution in [1.82, 2.24) is 4.90 Å². The number of benzene rings is 1. The minimum atomic E-state index is 0. The first kappa shape index (κ1) is 13.4. The van der Waals surface area contributed by atoms with Crippen LogP contribution in [0.15, 0.2) is 34.7 Å². The zero-order valence-corrected chi connectivity index (χ0v) is 11.2. The lowest BCUT2D eigenvalue weighted by atomic mass is 10.1. The van der Waals surface area contributed by atoms with Crippen LogP contribution in [0.3, 0.4) is 0 Å². The highest BCUT2D eigenvalue weighted by atomic mass is 35.5. The van der Waals surface area contributed by atoms with E-state index in [4.69, 9.17) is 10.2 Å². The lowest BCUT2D eigenvalue weighted by Crippen LogP contribution is -2.22. The maximum Gasteiger partial charge on any atom is 0.134 e. The third-order valence-corrected chi connectivity index (χ3v) is 3.56. The van der Waals surface area contributed by atoms with Crippen LogP contribution < -0.4 is 5.73 Å². The zero-order valence-electron chi connectivity index (χ0n) is 10.3. The highest BCUT2D eigenvalue weighted by molar-refractivity contribution is 5.85. The van der Waals surface area contributed by atoms with Crippen molar-refractivity contribution in [3.63, 3.8) is 0 Å². The predicted octanol–water partition coefficient (Wildman–Crippen LogP) is 2.64. The van der Waals surface area contributed by atoms with Gasteiger partial charge in [-0.15, -0.1) is 12.4 Å².